The molecule has 0 spiro atoms. The van der Waals surface area contributed by atoms with Crippen LogP contribution in [0.1, 0.15) is 0 Å². The minimum atomic E-state index is -0.512. The van der Waals surface area contributed by atoms with E-state index in [4.69, 9.17) is 16.3 Å². The maximum Gasteiger partial charge on any atom is 0.325 e. The van der Waals surface area contributed by atoms with E-state index in [1.54, 1.807) is 25.3 Å². The average molecular weight is 371 g/mol. The van der Waals surface area contributed by atoms with Crippen LogP contribution in [-0.2, 0) is 14.3 Å². The van der Waals surface area contributed by atoms with E-state index in [1.807, 2.05) is 0 Å². The SMILES string of the molecule is COC(=O)CNC(=O)CSc1n[nH]c(-c2cc(Cl)ccc2OC)n1. The van der Waals surface area contributed by atoms with Crippen LogP contribution in [0.2, 0.25) is 5.02 Å². The number of hydrogen-bond acceptors (Lipinski definition) is 7. The highest BCUT2D eigenvalue weighted by molar-refractivity contribution is 7.99. The summed E-state index contributed by atoms with van der Waals surface area (Å²) in [6, 6.07) is 5.15. The summed E-state index contributed by atoms with van der Waals surface area (Å²) in [4.78, 5) is 26.9. The summed E-state index contributed by atoms with van der Waals surface area (Å²) >= 11 is 7.12. The number of esters is 1. The topological polar surface area (TPSA) is 106 Å². The first kappa shape index (κ1) is 18.1. The first-order valence-electron chi connectivity index (χ1n) is 6.76. The van der Waals surface area contributed by atoms with Gasteiger partial charge in [0.2, 0.25) is 11.1 Å². The molecule has 1 amide bonds. The molecule has 2 rings (SSSR count). The minimum absolute atomic E-state index is 0.0704. The maximum absolute atomic E-state index is 11.6. The van der Waals surface area contributed by atoms with Crippen molar-refractivity contribution in [3.63, 3.8) is 0 Å². The van der Waals surface area contributed by atoms with Crippen LogP contribution < -0.4 is 10.1 Å². The Kier molecular flexibility index (Phi) is 6.44. The Balaban J connectivity index is 1.97. The molecule has 1 heterocycles. The lowest BCUT2D eigenvalue weighted by atomic mass is 10.2. The number of hydrogen-bond donors (Lipinski definition) is 2. The Bertz CT molecular complexity index is 737. The van der Waals surface area contributed by atoms with Gasteiger partial charge in [-0.05, 0) is 18.2 Å². The third kappa shape index (κ3) is 4.87. The van der Waals surface area contributed by atoms with Gasteiger partial charge in [0, 0.05) is 5.02 Å². The fraction of sp³-hybridized carbons (Fsp3) is 0.286. The lowest BCUT2D eigenvalue weighted by molar-refractivity contribution is -0.140. The Morgan fingerprint density at radius 2 is 2.17 bits per heavy atom. The minimum Gasteiger partial charge on any atom is -0.496 e. The number of H-pyrrole nitrogens is 1. The predicted octanol–water partition coefficient (Wildman–Crippen LogP) is 1.51. The molecular weight excluding hydrogens is 356 g/mol. The molecule has 0 aliphatic rings. The van der Waals surface area contributed by atoms with E-state index < -0.39 is 5.97 Å². The lowest BCUT2D eigenvalue weighted by Crippen LogP contribution is -2.31. The molecule has 128 valence electrons. The van der Waals surface area contributed by atoms with Crippen molar-refractivity contribution in [2.24, 2.45) is 0 Å². The zero-order valence-electron chi connectivity index (χ0n) is 13.0. The molecule has 0 aliphatic heterocycles. The molecule has 0 bridgehead atoms. The van der Waals surface area contributed by atoms with Crippen molar-refractivity contribution in [1.82, 2.24) is 20.5 Å². The molecule has 24 heavy (non-hydrogen) atoms. The van der Waals surface area contributed by atoms with E-state index in [0.29, 0.717) is 27.3 Å². The lowest BCUT2D eigenvalue weighted by Gasteiger charge is -2.05. The van der Waals surface area contributed by atoms with Crippen molar-refractivity contribution in [2.75, 3.05) is 26.5 Å². The van der Waals surface area contributed by atoms with Crippen LogP contribution in [-0.4, -0.2) is 53.6 Å². The zero-order valence-corrected chi connectivity index (χ0v) is 14.5. The van der Waals surface area contributed by atoms with Crippen LogP contribution in [0.15, 0.2) is 23.4 Å². The van der Waals surface area contributed by atoms with Crippen molar-refractivity contribution < 1.29 is 19.1 Å². The summed E-state index contributed by atoms with van der Waals surface area (Å²) in [5, 5.41) is 10.2. The van der Waals surface area contributed by atoms with Gasteiger partial charge in [0.05, 0.1) is 25.5 Å². The molecule has 0 fully saturated rings. The predicted molar refractivity (Wildman–Crippen MR) is 89.1 cm³/mol. The number of amides is 1. The summed E-state index contributed by atoms with van der Waals surface area (Å²) in [7, 11) is 2.80. The highest BCUT2D eigenvalue weighted by Gasteiger charge is 2.13. The molecule has 0 atom stereocenters. The largest absolute Gasteiger partial charge is 0.496 e. The number of benzene rings is 1. The van der Waals surface area contributed by atoms with E-state index in [1.165, 1.54) is 7.11 Å². The summed E-state index contributed by atoms with van der Waals surface area (Å²) in [6.07, 6.45) is 0. The third-order valence-electron chi connectivity index (χ3n) is 2.87. The molecular formula is C14H15ClN4O4S. The van der Waals surface area contributed by atoms with Gasteiger partial charge in [-0.15, -0.1) is 5.10 Å². The van der Waals surface area contributed by atoms with Gasteiger partial charge in [0.15, 0.2) is 5.82 Å². The van der Waals surface area contributed by atoms with Gasteiger partial charge in [-0.25, -0.2) is 4.98 Å². The molecule has 0 saturated carbocycles. The molecule has 0 saturated heterocycles. The van der Waals surface area contributed by atoms with Gasteiger partial charge in [0.25, 0.3) is 0 Å². The summed E-state index contributed by atoms with van der Waals surface area (Å²) in [6.45, 7) is -0.172. The number of aromatic nitrogens is 3. The van der Waals surface area contributed by atoms with Crippen LogP contribution in [0.4, 0.5) is 0 Å². The van der Waals surface area contributed by atoms with Gasteiger partial charge < -0.3 is 14.8 Å². The molecule has 8 nitrogen and oxygen atoms in total. The molecule has 2 aromatic rings. The molecule has 1 aromatic heterocycles. The van der Waals surface area contributed by atoms with E-state index in [9.17, 15) is 9.59 Å². The highest BCUT2D eigenvalue weighted by atomic mass is 35.5. The number of carbonyl (C=O) groups is 2. The van der Waals surface area contributed by atoms with E-state index in [0.717, 1.165) is 11.8 Å². The number of ether oxygens (including phenoxy) is 2. The third-order valence-corrected chi connectivity index (χ3v) is 3.95. The second-order valence-corrected chi connectivity index (χ2v) is 5.83. The van der Waals surface area contributed by atoms with Crippen LogP contribution in [0.3, 0.4) is 0 Å². The molecule has 0 unspecified atom stereocenters. The van der Waals surface area contributed by atoms with E-state index in [2.05, 4.69) is 25.2 Å². The fourth-order valence-corrected chi connectivity index (χ4v) is 2.52. The second-order valence-electron chi connectivity index (χ2n) is 4.45. The van der Waals surface area contributed by atoms with Crippen molar-refractivity contribution in [2.45, 2.75) is 5.16 Å². The van der Waals surface area contributed by atoms with Crippen molar-refractivity contribution >= 4 is 35.2 Å². The van der Waals surface area contributed by atoms with Crippen LogP contribution >= 0.6 is 23.4 Å². The van der Waals surface area contributed by atoms with Gasteiger partial charge in [0.1, 0.15) is 12.3 Å². The van der Waals surface area contributed by atoms with E-state index >= 15 is 0 Å². The normalized spacial score (nSPS) is 10.3. The molecule has 0 radical (unpaired) electrons. The number of halogens is 1. The average Bonchev–Trinajstić information content (AvgIpc) is 3.06. The molecule has 2 N–H and O–H groups in total. The number of nitrogens with zero attached hydrogens (tertiary/aromatic N) is 2. The molecule has 1 aromatic carbocycles. The van der Waals surface area contributed by atoms with Gasteiger partial charge in [-0.2, -0.15) is 0 Å². The number of methoxy groups -OCH3 is 2. The number of rotatable bonds is 7. The number of nitrogens with one attached hydrogen (secondary N) is 2. The second kappa shape index (κ2) is 8.55. The first-order valence-corrected chi connectivity index (χ1v) is 8.12. The van der Waals surface area contributed by atoms with Gasteiger partial charge in [-0.3, -0.25) is 14.7 Å². The summed E-state index contributed by atoms with van der Waals surface area (Å²) in [5.41, 5.74) is 0.666. The van der Waals surface area contributed by atoms with Crippen molar-refractivity contribution in [3.8, 4) is 17.1 Å². The van der Waals surface area contributed by atoms with Crippen LogP contribution in [0.5, 0.6) is 5.75 Å². The Morgan fingerprint density at radius 3 is 2.88 bits per heavy atom. The number of aromatic amines is 1. The van der Waals surface area contributed by atoms with Crippen molar-refractivity contribution in [3.05, 3.63) is 23.2 Å². The van der Waals surface area contributed by atoms with E-state index in [-0.39, 0.29) is 18.2 Å². The standard InChI is InChI=1S/C14H15ClN4O4S/c1-22-10-4-3-8(15)5-9(10)13-17-14(19-18-13)24-7-11(20)16-6-12(21)23-2/h3-5H,6-7H2,1-2H3,(H,16,20)(H,17,18,19). The summed E-state index contributed by atoms with van der Waals surface area (Å²) in [5.74, 6) is 0.314. The fourth-order valence-electron chi connectivity index (χ4n) is 1.72. The van der Waals surface area contributed by atoms with Gasteiger partial charge in [-0.1, -0.05) is 23.4 Å². The number of thioether (sulfide) groups is 1. The Hall–Kier alpha value is -2.26. The quantitative estimate of drug-likeness (QED) is 0.562. The van der Waals surface area contributed by atoms with Crippen LogP contribution in [0, 0.1) is 0 Å². The Labute approximate surface area is 147 Å². The Morgan fingerprint density at radius 1 is 1.38 bits per heavy atom. The summed E-state index contributed by atoms with van der Waals surface area (Å²) < 4.78 is 9.70. The first-order chi connectivity index (χ1) is 11.5. The molecule has 0 aliphatic carbocycles. The highest BCUT2D eigenvalue weighted by Crippen LogP contribution is 2.31. The maximum atomic E-state index is 11.6. The van der Waals surface area contributed by atoms with Crippen LogP contribution in [0.25, 0.3) is 11.4 Å². The number of carbonyl (C=O) groups excluding carboxylic acids is 2. The smallest absolute Gasteiger partial charge is 0.325 e. The van der Waals surface area contributed by atoms with Gasteiger partial charge >= 0.3 is 5.97 Å². The zero-order chi connectivity index (χ0) is 17.5. The monoisotopic (exact) mass is 370 g/mol. The van der Waals surface area contributed by atoms with Crippen molar-refractivity contribution in [1.29, 1.82) is 0 Å². The molecule has 10 heteroatoms.